The number of aromatic nitrogens is 2. The van der Waals surface area contributed by atoms with E-state index >= 15 is 0 Å². The number of carbonyl (C=O) groups is 2. The second-order valence-corrected chi connectivity index (χ2v) is 7.37. The minimum atomic E-state index is -0.564. The van der Waals surface area contributed by atoms with Crippen molar-refractivity contribution in [2.24, 2.45) is 14.1 Å². The van der Waals surface area contributed by atoms with Crippen LogP contribution in [0.2, 0.25) is 0 Å². The summed E-state index contributed by atoms with van der Waals surface area (Å²) in [6.07, 6.45) is 0. The molecule has 0 atom stereocenters. The molecule has 0 unspecified atom stereocenters. The number of aryl methyl sites for hydroxylation is 2. The van der Waals surface area contributed by atoms with Crippen LogP contribution in [-0.4, -0.2) is 27.6 Å². The summed E-state index contributed by atoms with van der Waals surface area (Å²) in [5.41, 5.74) is 2.02. The van der Waals surface area contributed by atoms with Crippen LogP contribution in [-0.2, 0) is 18.9 Å². The summed E-state index contributed by atoms with van der Waals surface area (Å²) < 4.78 is 22.3. The van der Waals surface area contributed by atoms with Gasteiger partial charge in [-0.1, -0.05) is 24.3 Å². The van der Waals surface area contributed by atoms with Gasteiger partial charge in [0.1, 0.15) is 11.6 Å². The van der Waals surface area contributed by atoms with Gasteiger partial charge in [-0.05, 0) is 42.5 Å². The first-order chi connectivity index (χ1) is 15.8. The van der Waals surface area contributed by atoms with Crippen molar-refractivity contribution in [3.63, 3.8) is 0 Å². The minimum absolute atomic E-state index is 0.0443. The highest BCUT2D eigenvalue weighted by molar-refractivity contribution is 6.07. The molecule has 0 saturated heterocycles. The molecule has 0 aliphatic heterocycles. The van der Waals surface area contributed by atoms with Gasteiger partial charge in [-0.15, -0.1) is 0 Å². The lowest BCUT2D eigenvalue weighted by Crippen LogP contribution is -2.22. The van der Waals surface area contributed by atoms with E-state index in [4.69, 9.17) is 4.74 Å². The lowest BCUT2D eigenvalue weighted by Gasteiger charge is -2.12. The molecule has 168 valence electrons. The Morgan fingerprint density at radius 2 is 1.61 bits per heavy atom. The van der Waals surface area contributed by atoms with E-state index in [1.807, 2.05) is 0 Å². The van der Waals surface area contributed by atoms with Gasteiger partial charge in [-0.2, -0.15) is 0 Å². The van der Waals surface area contributed by atoms with E-state index in [1.165, 1.54) is 27.3 Å². The van der Waals surface area contributed by atoms with E-state index < -0.39 is 24.2 Å². The zero-order chi connectivity index (χ0) is 23.5. The molecule has 0 saturated carbocycles. The fraction of sp³-hybridized carbons (Fsp3) is 0.125. The number of hydrogen-bond acceptors (Lipinski definition) is 4. The molecule has 0 bridgehead atoms. The summed E-state index contributed by atoms with van der Waals surface area (Å²) in [5, 5.41) is 5.22. The smallest absolute Gasteiger partial charge is 0.328 e. The lowest BCUT2D eigenvalue weighted by atomic mass is 10.1. The third-order valence-electron chi connectivity index (χ3n) is 5.17. The molecule has 1 heterocycles. The highest BCUT2D eigenvalue weighted by Gasteiger charge is 2.15. The Hall–Kier alpha value is -4.40. The number of amides is 2. The second kappa shape index (κ2) is 8.99. The number of halogens is 1. The number of imidazole rings is 1. The number of hydrogen-bond donors (Lipinski definition) is 2. The Bertz CT molecular complexity index is 1420. The van der Waals surface area contributed by atoms with Crippen molar-refractivity contribution < 1.29 is 18.7 Å². The lowest BCUT2D eigenvalue weighted by molar-refractivity contribution is -0.118. The molecule has 4 rings (SSSR count). The molecule has 3 aromatic carbocycles. The number of nitrogens with one attached hydrogen (secondary N) is 2. The van der Waals surface area contributed by atoms with Crippen LogP contribution in [0.3, 0.4) is 0 Å². The molecule has 0 aliphatic carbocycles. The van der Waals surface area contributed by atoms with Gasteiger partial charge in [-0.3, -0.25) is 18.7 Å². The van der Waals surface area contributed by atoms with Gasteiger partial charge in [0.05, 0.1) is 22.3 Å². The first-order valence-corrected chi connectivity index (χ1v) is 10.1. The van der Waals surface area contributed by atoms with Gasteiger partial charge >= 0.3 is 5.69 Å². The van der Waals surface area contributed by atoms with Crippen LogP contribution < -0.4 is 21.1 Å². The molecular weight excluding hydrogens is 427 g/mol. The molecule has 0 radical (unpaired) electrons. The molecule has 0 fully saturated rings. The molecule has 0 aliphatic rings. The first-order valence-electron chi connectivity index (χ1n) is 10.1. The van der Waals surface area contributed by atoms with Gasteiger partial charge in [0, 0.05) is 19.8 Å². The Morgan fingerprint density at radius 3 is 2.39 bits per heavy atom. The van der Waals surface area contributed by atoms with Crippen molar-refractivity contribution in [2.45, 2.75) is 0 Å². The fourth-order valence-corrected chi connectivity index (χ4v) is 3.46. The molecule has 2 amide bonds. The van der Waals surface area contributed by atoms with Gasteiger partial charge in [0.25, 0.3) is 11.8 Å². The summed E-state index contributed by atoms with van der Waals surface area (Å²) in [7, 11) is 3.34. The normalized spacial score (nSPS) is 10.8. The fourth-order valence-electron chi connectivity index (χ4n) is 3.46. The van der Waals surface area contributed by atoms with Crippen molar-refractivity contribution >= 4 is 34.2 Å². The number of para-hydroxylation sites is 2. The SMILES string of the molecule is Cn1c(=O)n(C)c2cc(NC(=O)c3ccccc3OCC(=O)Nc3ccccc3F)ccc21. The number of carbonyl (C=O) groups excluding carboxylic acids is 2. The molecule has 9 heteroatoms. The van der Waals surface area contributed by atoms with E-state index in [0.29, 0.717) is 11.2 Å². The van der Waals surface area contributed by atoms with Crippen LogP contribution in [0.5, 0.6) is 5.75 Å². The highest BCUT2D eigenvalue weighted by Crippen LogP contribution is 2.22. The van der Waals surface area contributed by atoms with Crippen LogP contribution in [0.1, 0.15) is 10.4 Å². The maximum Gasteiger partial charge on any atom is 0.328 e. The van der Waals surface area contributed by atoms with E-state index in [0.717, 1.165) is 5.52 Å². The summed E-state index contributed by atoms with van der Waals surface area (Å²) in [6, 6.07) is 17.4. The standard InChI is InChI=1S/C24H21FN4O4/c1-28-19-12-11-15(13-20(19)29(2)24(28)32)26-23(31)16-7-3-6-10-21(16)33-14-22(30)27-18-9-5-4-8-17(18)25/h3-13H,14H2,1-2H3,(H,26,31)(H,27,30). The summed E-state index contributed by atoms with van der Waals surface area (Å²) in [6.45, 7) is -0.406. The van der Waals surface area contributed by atoms with E-state index in [9.17, 15) is 18.8 Å². The monoisotopic (exact) mass is 448 g/mol. The average molecular weight is 448 g/mol. The zero-order valence-corrected chi connectivity index (χ0v) is 18.0. The average Bonchev–Trinajstić information content (AvgIpc) is 3.03. The largest absolute Gasteiger partial charge is 0.483 e. The maximum atomic E-state index is 13.7. The van der Waals surface area contributed by atoms with Gasteiger partial charge < -0.3 is 15.4 Å². The molecule has 8 nitrogen and oxygen atoms in total. The molecule has 2 N–H and O–H groups in total. The van der Waals surface area contributed by atoms with Gasteiger partial charge in [0.15, 0.2) is 6.61 Å². The summed E-state index contributed by atoms with van der Waals surface area (Å²) >= 11 is 0. The number of benzene rings is 3. The van der Waals surface area contributed by atoms with Crippen LogP contribution in [0, 0.1) is 5.82 Å². The number of rotatable bonds is 6. The van der Waals surface area contributed by atoms with E-state index in [-0.39, 0.29) is 22.7 Å². The second-order valence-electron chi connectivity index (χ2n) is 7.37. The Balaban J connectivity index is 1.48. The molecule has 0 spiro atoms. The number of ether oxygens (including phenoxy) is 1. The topological polar surface area (TPSA) is 94.4 Å². The van der Waals surface area contributed by atoms with E-state index in [2.05, 4.69) is 10.6 Å². The third-order valence-corrected chi connectivity index (χ3v) is 5.17. The number of nitrogens with zero attached hydrogens (tertiary/aromatic N) is 2. The van der Waals surface area contributed by atoms with Crippen LogP contribution in [0.25, 0.3) is 11.0 Å². The Labute approximate surface area is 188 Å². The zero-order valence-electron chi connectivity index (χ0n) is 18.0. The number of anilines is 2. The minimum Gasteiger partial charge on any atom is -0.483 e. The molecule has 33 heavy (non-hydrogen) atoms. The molecule has 4 aromatic rings. The van der Waals surface area contributed by atoms with Crippen molar-refractivity contribution in [3.05, 3.63) is 88.6 Å². The molecule has 1 aromatic heterocycles. The Morgan fingerprint density at radius 1 is 0.909 bits per heavy atom. The van der Waals surface area contributed by atoms with Crippen LogP contribution in [0.4, 0.5) is 15.8 Å². The van der Waals surface area contributed by atoms with Crippen LogP contribution in [0.15, 0.2) is 71.5 Å². The van der Waals surface area contributed by atoms with Crippen molar-refractivity contribution in [1.29, 1.82) is 0 Å². The summed E-state index contributed by atoms with van der Waals surface area (Å²) in [4.78, 5) is 37.2. The quantitative estimate of drug-likeness (QED) is 0.473. The maximum absolute atomic E-state index is 13.7. The summed E-state index contributed by atoms with van der Waals surface area (Å²) in [5.74, 6) is -1.36. The molecular formula is C24H21FN4O4. The first kappa shape index (κ1) is 21.8. The Kier molecular flexibility index (Phi) is 5.95. The predicted octanol–water partition coefficient (Wildman–Crippen LogP) is 3.29. The van der Waals surface area contributed by atoms with Gasteiger partial charge in [-0.25, -0.2) is 9.18 Å². The van der Waals surface area contributed by atoms with Crippen molar-refractivity contribution in [2.75, 3.05) is 17.2 Å². The predicted molar refractivity (Wildman–Crippen MR) is 123 cm³/mol. The third kappa shape index (κ3) is 4.47. The van der Waals surface area contributed by atoms with Crippen molar-refractivity contribution in [3.8, 4) is 5.75 Å². The van der Waals surface area contributed by atoms with Crippen LogP contribution >= 0.6 is 0 Å². The van der Waals surface area contributed by atoms with Gasteiger partial charge in [0.2, 0.25) is 0 Å². The van der Waals surface area contributed by atoms with E-state index in [1.54, 1.807) is 62.6 Å². The van der Waals surface area contributed by atoms with Crippen molar-refractivity contribution in [1.82, 2.24) is 9.13 Å². The highest BCUT2D eigenvalue weighted by atomic mass is 19.1. The number of fused-ring (bicyclic) bond motifs is 1.